The first-order valence-corrected chi connectivity index (χ1v) is 7.55. The number of hydrogen-bond donors (Lipinski definition) is 2. The Hall–Kier alpha value is -2.21. The number of aryl methyl sites for hydroxylation is 1. The quantitative estimate of drug-likeness (QED) is 0.831. The van der Waals surface area contributed by atoms with E-state index in [-0.39, 0.29) is 5.75 Å². The highest BCUT2D eigenvalue weighted by Gasteiger charge is 2.08. The number of aromatic hydroxyl groups is 1. The molecule has 1 aromatic heterocycles. The van der Waals surface area contributed by atoms with E-state index in [0.717, 1.165) is 16.7 Å². The fourth-order valence-corrected chi connectivity index (χ4v) is 2.11. The van der Waals surface area contributed by atoms with E-state index in [9.17, 15) is 14.1 Å². The van der Waals surface area contributed by atoms with E-state index in [4.69, 9.17) is 0 Å². The Morgan fingerprint density at radius 2 is 2.00 bits per heavy atom. The van der Waals surface area contributed by atoms with Gasteiger partial charge in [0.05, 0.1) is 5.56 Å². The Kier molecular flexibility index (Phi) is 4.14. The van der Waals surface area contributed by atoms with Gasteiger partial charge >= 0.3 is 0 Å². The predicted molar refractivity (Wildman–Crippen MR) is 78.3 cm³/mol. The third kappa shape index (κ3) is 3.21. The van der Waals surface area contributed by atoms with Crippen LogP contribution in [0.25, 0.3) is 11.1 Å². The van der Waals surface area contributed by atoms with E-state index in [1.165, 1.54) is 12.5 Å². The summed E-state index contributed by atoms with van der Waals surface area (Å²) in [6.45, 7) is 1.79. The van der Waals surface area contributed by atoms with Gasteiger partial charge in [-0.05, 0) is 36.2 Å². The molecule has 104 valence electrons. The number of rotatable bonds is 2. The van der Waals surface area contributed by atoms with Gasteiger partial charge in [0, 0.05) is 34.8 Å². The van der Waals surface area contributed by atoms with Gasteiger partial charge in [-0.3, -0.25) is 14.0 Å². The summed E-state index contributed by atoms with van der Waals surface area (Å²) < 4.78 is 14.5. The fraction of sp³-hybridized carbons (Fsp3) is 0.143. The van der Waals surface area contributed by atoms with E-state index in [1.54, 1.807) is 37.4 Å². The molecule has 2 aromatic rings. The highest BCUT2D eigenvalue weighted by Crippen LogP contribution is 2.25. The minimum atomic E-state index is -1.87. The first-order chi connectivity index (χ1) is 9.47. The molecule has 0 aliphatic rings. The summed E-state index contributed by atoms with van der Waals surface area (Å²) in [7, 11) is -1.87. The molecule has 2 rings (SSSR count). The van der Waals surface area contributed by atoms with Gasteiger partial charge in [0.25, 0.3) is 5.91 Å². The Morgan fingerprint density at radius 1 is 1.25 bits per heavy atom. The minimum Gasteiger partial charge on any atom is -0.508 e. The second kappa shape index (κ2) is 5.83. The van der Waals surface area contributed by atoms with Crippen LogP contribution in [0.5, 0.6) is 5.75 Å². The molecule has 0 aliphatic heterocycles. The van der Waals surface area contributed by atoms with Gasteiger partial charge in [0.1, 0.15) is 5.75 Å². The molecule has 0 fully saturated rings. The molecule has 0 saturated heterocycles. The lowest BCUT2D eigenvalue weighted by molar-refractivity contribution is 0.100. The summed E-state index contributed by atoms with van der Waals surface area (Å²) in [4.78, 5) is 15.7. The van der Waals surface area contributed by atoms with Gasteiger partial charge in [0.2, 0.25) is 0 Å². The molecule has 20 heavy (non-hydrogen) atoms. The average Bonchev–Trinajstić information content (AvgIpc) is 2.41. The van der Waals surface area contributed by atoms with E-state index >= 15 is 0 Å². The van der Waals surface area contributed by atoms with Crippen molar-refractivity contribution in [3.63, 3.8) is 0 Å². The molecular weight excluding hydrogens is 276 g/mol. The van der Waals surface area contributed by atoms with E-state index in [1.807, 2.05) is 0 Å². The first-order valence-electron chi connectivity index (χ1n) is 5.89. The van der Waals surface area contributed by atoms with Crippen LogP contribution >= 0.6 is 0 Å². The Labute approximate surface area is 118 Å². The molecule has 0 saturated carbocycles. The van der Waals surface area contributed by atoms with Crippen LogP contribution < -0.4 is 0 Å². The first kappa shape index (κ1) is 14.2. The number of amides is 1. The van der Waals surface area contributed by atoms with Crippen LogP contribution in [-0.4, -0.2) is 26.5 Å². The second-order valence-electron chi connectivity index (χ2n) is 4.33. The number of aromatic nitrogens is 1. The van der Waals surface area contributed by atoms with Gasteiger partial charge in [0.15, 0.2) is 0 Å². The molecular formula is C14H14N2O3S. The Bertz CT molecular complexity index is 750. The van der Waals surface area contributed by atoms with Crippen LogP contribution in [0.3, 0.4) is 0 Å². The van der Waals surface area contributed by atoms with Crippen molar-refractivity contribution in [3.8, 4) is 16.9 Å². The number of nitrogens with zero attached hydrogens (tertiary/aromatic N) is 2. The van der Waals surface area contributed by atoms with Crippen LogP contribution in [0.15, 0.2) is 41.0 Å². The summed E-state index contributed by atoms with van der Waals surface area (Å²) in [5, 5.41) is 9.52. The summed E-state index contributed by atoms with van der Waals surface area (Å²) in [5.74, 6) is -0.328. The van der Waals surface area contributed by atoms with Crippen molar-refractivity contribution in [1.29, 1.82) is 0 Å². The lowest BCUT2D eigenvalue weighted by atomic mass is 10.0. The van der Waals surface area contributed by atoms with E-state index in [0.29, 0.717) is 5.56 Å². The van der Waals surface area contributed by atoms with Gasteiger partial charge in [-0.2, -0.15) is 4.36 Å². The lowest BCUT2D eigenvalue weighted by Crippen LogP contribution is -1.97. The van der Waals surface area contributed by atoms with Crippen molar-refractivity contribution >= 4 is 16.5 Å². The summed E-state index contributed by atoms with van der Waals surface area (Å²) in [6, 6.07) is 6.78. The van der Waals surface area contributed by atoms with Gasteiger partial charge < -0.3 is 5.11 Å². The maximum absolute atomic E-state index is 11.7. The number of benzene rings is 1. The largest absolute Gasteiger partial charge is 0.508 e. The van der Waals surface area contributed by atoms with Crippen molar-refractivity contribution in [2.24, 2.45) is 4.36 Å². The normalized spacial score (nSPS) is 12.3. The topological polar surface area (TPSA) is 79.6 Å². The smallest absolute Gasteiger partial charge is 0.286 e. The van der Waals surface area contributed by atoms with Gasteiger partial charge in [-0.25, -0.2) is 0 Å². The maximum Gasteiger partial charge on any atom is 0.286 e. The number of phenolic OH excluding ortho intramolecular Hbond substituents is 1. The standard InChI is InChI=1S/C14H14N2O3S/c1-9-5-10(3-4-13(9)17)11-6-12(8-15-7-11)14(18)16-20(2)19/h3-8,17,20H,1-2H3. The van der Waals surface area contributed by atoms with Crippen molar-refractivity contribution in [3.05, 3.63) is 47.8 Å². The summed E-state index contributed by atoms with van der Waals surface area (Å²) in [6.07, 6.45) is 4.38. The zero-order valence-corrected chi connectivity index (χ0v) is 12.0. The molecule has 1 heterocycles. The molecule has 1 amide bonds. The molecule has 1 aromatic carbocycles. The van der Waals surface area contributed by atoms with Crippen molar-refractivity contribution in [1.82, 2.24) is 4.98 Å². The van der Waals surface area contributed by atoms with Crippen LogP contribution in [0.1, 0.15) is 15.9 Å². The number of phenols is 1. The highest BCUT2D eigenvalue weighted by molar-refractivity contribution is 7.74. The zero-order chi connectivity index (χ0) is 14.7. The lowest BCUT2D eigenvalue weighted by Gasteiger charge is -2.05. The second-order valence-corrected chi connectivity index (χ2v) is 5.46. The number of pyridine rings is 1. The number of carbonyl (C=O) groups is 1. The van der Waals surface area contributed by atoms with E-state index in [2.05, 4.69) is 9.35 Å². The molecule has 6 heteroatoms. The fourth-order valence-electron chi connectivity index (χ4n) is 1.74. The molecule has 1 unspecified atom stereocenters. The van der Waals surface area contributed by atoms with Crippen LogP contribution in [0.4, 0.5) is 0 Å². The maximum atomic E-state index is 11.7. The summed E-state index contributed by atoms with van der Waals surface area (Å²) in [5.41, 5.74) is 2.60. The van der Waals surface area contributed by atoms with Gasteiger partial charge in [-0.1, -0.05) is 6.07 Å². The molecule has 1 atom stereocenters. The average molecular weight is 290 g/mol. The number of hydrogen-bond acceptors (Lipinski definition) is 4. The molecule has 0 bridgehead atoms. The highest BCUT2D eigenvalue weighted by atomic mass is 32.2. The third-order valence-electron chi connectivity index (χ3n) is 2.75. The number of thiol groups is 1. The monoisotopic (exact) mass is 290 g/mol. The molecule has 0 radical (unpaired) electrons. The van der Waals surface area contributed by atoms with Crippen LogP contribution in [0.2, 0.25) is 0 Å². The third-order valence-corrected chi connectivity index (χ3v) is 3.21. The summed E-state index contributed by atoms with van der Waals surface area (Å²) >= 11 is 0. The Morgan fingerprint density at radius 3 is 2.65 bits per heavy atom. The van der Waals surface area contributed by atoms with Crippen molar-refractivity contribution < 1.29 is 14.1 Å². The number of carbonyl (C=O) groups excluding carboxylic acids is 1. The molecule has 0 spiro atoms. The van der Waals surface area contributed by atoms with E-state index < -0.39 is 16.5 Å². The van der Waals surface area contributed by atoms with Crippen molar-refractivity contribution in [2.45, 2.75) is 6.92 Å². The van der Waals surface area contributed by atoms with Crippen molar-refractivity contribution in [2.75, 3.05) is 6.26 Å². The molecule has 1 N–H and O–H groups in total. The predicted octanol–water partition coefficient (Wildman–Crippen LogP) is 2.20. The Balaban J connectivity index is 2.44. The molecule has 0 aliphatic carbocycles. The van der Waals surface area contributed by atoms with Crippen LogP contribution in [0, 0.1) is 6.92 Å². The molecule has 5 nitrogen and oxygen atoms in total. The minimum absolute atomic E-state index is 0.215. The SMILES string of the molecule is Cc1cc(-c2cncc(C(=O)/N=[SH](/C)=O)c2)ccc1O. The van der Waals surface area contributed by atoms with Crippen LogP contribution in [-0.2, 0) is 10.6 Å². The van der Waals surface area contributed by atoms with Gasteiger partial charge in [-0.15, -0.1) is 0 Å². The zero-order valence-electron chi connectivity index (χ0n) is 11.1.